The molecule has 0 fully saturated rings. The molecule has 0 aliphatic carbocycles. The molecule has 15 heavy (non-hydrogen) atoms. The van der Waals surface area contributed by atoms with Crippen molar-refractivity contribution < 1.29 is 9.47 Å². The highest BCUT2D eigenvalue weighted by atomic mass is 16.5. The molecule has 0 saturated carbocycles. The molecule has 1 rings (SSSR count). The first-order chi connectivity index (χ1) is 7.26. The van der Waals surface area contributed by atoms with Gasteiger partial charge in [-0.15, -0.1) is 0 Å². The third-order valence-corrected chi connectivity index (χ3v) is 1.95. The van der Waals surface area contributed by atoms with Gasteiger partial charge < -0.3 is 14.8 Å². The summed E-state index contributed by atoms with van der Waals surface area (Å²) in [4.78, 5) is 4.12. The molecule has 0 aliphatic rings. The van der Waals surface area contributed by atoms with Gasteiger partial charge in [-0.2, -0.15) is 0 Å². The fourth-order valence-corrected chi connectivity index (χ4v) is 1.15. The largest absolute Gasteiger partial charge is 0.495 e. The molecule has 0 aliphatic heterocycles. The highest BCUT2D eigenvalue weighted by molar-refractivity contribution is 5.22. The second-order valence-electron chi connectivity index (χ2n) is 3.27. The number of ether oxygens (including phenoxy) is 2. The molecule has 0 amide bonds. The van der Waals surface area contributed by atoms with Gasteiger partial charge in [0.15, 0.2) is 0 Å². The van der Waals surface area contributed by atoms with E-state index in [1.807, 2.05) is 13.0 Å². The van der Waals surface area contributed by atoms with Gasteiger partial charge in [-0.25, -0.2) is 4.98 Å². The van der Waals surface area contributed by atoms with E-state index in [9.17, 15) is 0 Å². The van der Waals surface area contributed by atoms with E-state index in [-0.39, 0.29) is 6.10 Å². The van der Waals surface area contributed by atoms with Crippen molar-refractivity contribution in [3.05, 3.63) is 18.3 Å². The molecular weight excluding hydrogens is 192 g/mol. The first kappa shape index (κ1) is 11.8. The molecule has 0 aromatic carbocycles. The fourth-order valence-electron chi connectivity index (χ4n) is 1.15. The van der Waals surface area contributed by atoms with Crippen LogP contribution < -0.4 is 14.8 Å². The Labute approximate surface area is 90.6 Å². The van der Waals surface area contributed by atoms with Crippen LogP contribution in [0.15, 0.2) is 18.3 Å². The summed E-state index contributed by atoms with van der Waals surface area (Å²) in [6, 6.07) is 3.64. The third-order valence-electron chi connectivity index (χ3n) is 1.95. The van der Waals surface area contributed by atoms with Crippen LogP contribution in [0.5, 0.6) is 11.6 Å². The predicted molar refractivity (Wildman–Crippen MR) is 59.4 cm³/mol. The zero-order chi connectivity index (χ0) is 11.1. The molecule has 0 saturated heterocycles. The van der Waals surface area contributed by atoms with Crippen molar-refractivity contribution >= 4 is 0 Å². The first-order valence-corrected chi connectivity index (χ1v) is 5.13. The number of aromatic nitrogens is 1. The highest BCUT2D eigenvalue weighted by Crippen LogP contribution is 2.13. The lowest BCUT2D eigenvalue weighted by Crippen LogP contribution is -2.28. The van der Waals surface area contributed by atoms with Crippen LogP contribution in [0.4, 0.5) is 0 Å². The Hall–Kier alpha value is -1.29. The zero-order valence-electron chi connectivity index (χ0n) is 9.49. The second-order valence-corrected chi connectivity index (χ2v) is 3.27. The Kier molecular flexibility index (Phi) is 4.90. The van der Waals surface area contributed by atoms with Gasteiger partial charge >= 0.3 is 0 Å². The smallest absolute Gasteiger partial charge is 0.213 e. The zero-order valence-corrected chi connectivity index (χ0v) is 9.49. The Morgan fingerprint density at radius 2 is 2.27 bits per heavy atom. The van der Waals surface area contributed by atoms with Gasteiger partial charge in [0.25, 0.3) is 0 Å². The summed E-state index contributed by atoms with van der Waals surface area (Å²) in [7, 11) is 1.62. The van der Waals surface area contributed by atoms with Gasteiger partial charge in [0, 0.05) is 12.6 Å². The quantitative estimate of drug-likeness (QED) is 0.772. The molecule has 1 aromatic rings. The third kappa shape index (κ3) is 4.16. The molecule has 0 unspecified atom stereocenters. The minimum Gasteiger partial charge on any atom is -0.495 e. The highest BCUT2D eigenvalue weighted by Gasteiger charge is 2.03. The van der Waals surface area contributed by atoms with Crippen LogP contribution in [-0.4, -0.2) is 31.3 Å². The number of likely N-dealkylation sites (N-methyl/N-ethyl adjacent to an activating group) is 1. The summed E-state index contributed by atoms with van der Waals surface area (Å²) >= 11 is 0. The average Bonchev–Trinajstić information content (AvgIpc) is 2.27. The Morgan fingerprint density at radius 1 is 1.47 bits per heavy atom. The van der Waals surface area contributed by atoms with E-state index in [2.05, 4.69) is 17.2 Å². The molecule has 1 atom stereocenters. The van der Waals surface area contributed by atoms with Gasteiger partial charge in [0.1, 0.15) is 11.9 Å². The van der Waals surface area contributed by atoms with E-state index >= 15 is 0 Å². The summed E-state index contributed by atoms with van der Waals surface area (Å²) in [6.07, 6.45) is 1.76. The van der Waals surface area contributed by atoms with E-state index in [1.54, 1.807) is 19.4 Å². The van der Waals surface area contributed by atoms with Gasteiger partial charge in [-0.3, -0.25) is 0 Å². The molecule has 84 valence electrons. The summed E-state index contributed by atoms with van der Waals surface area (Å²) in [5.74, 6) is 1.36. The van der Waals surface area contributed by atoms with Crippen LogP contribution >= 0.6 is 0 Å². The molecule has 4 heteroatoms. The lowest BCUT2D eigenvalue weighted by molar-refractivity contribution is 0.209. The van der Waals surface area contributed by atoms with Crippen LogP contribution in [0.2, 0.25) is 0 Å². The molecule has 1 aromatic heterocycles. The number of hydrogen-bond donors (Lipinski definition) is 1. The van der Waals surface area contributed by atoms with Crippen LogP contribution in [0, 0.1) is 0 Å². The predicted octanol–water partition coefficient (Wildman–Crippen LogP) is 1.47. The van der Waals surface area contributed by atoms with Gasteiger partial charge in [0.05, 0.1) is 13.3 Å². The van der Waals surface area contributed by atoms with Crippen LogP contribution in [0.1, 0.15) is 13.8 Å². The lowest BCUT2D eigenvalue weighted by Gasteiger charge is -2.13. The SMILES string of the molecule is CCNC[C@H](C)Oc1ccc(OC)cn1. The van der Waals surface area contributed by atoms with Gasteiger partial charge in [0.2, 0.25) is 5.88 Å². The Morgan fingerprint density at radius 3 is 2.80 bits per heavy atom. The molecule has 1 N–H and O–H groups in total. The first-order valence-electron chi connectivity index (χ1n) is 5.13. The minimum atomic E-state index is 0.117. The number of hydrogen-bond acceptors (Lipinski definition) is 4. The van der Waals surface area contributed by atoms with Gasteiger partial charge in [-0.1, -0.05) is 6.92 Å². The summed E-state index contributed by atoms with van der Waals surface area (Å²) in [6.45, 7) is 5.85. The van der Waals surface area contributed by atoms with Crippen LogP contribution in [0.25, 0.3) is 0 Å². The summed E-state index contributed by atoms with van der Waals surface area (Å²) < 4.78 is 10.6. The van der Waals surface area contributed by atoms with Crippen LogP contribution in [-0.2, 0) is 0 Å². The summed E-state index contributed by atoms with van der Waals surface area (Å²) in [5, 5.41) is 3.21. The maximum Gasteiger partial charge on any atom is 0.213 e. The molecular formula is C11H18N2O2. The van der Waals surface area contributed by atoms with E-state index in [4.69, 9.17) is 9.47 Å². The lowest BCUT2D eigenvalue weighted by atomic mass is 10.4. The van der Waals surface area contributed by atoms with E-state index in [0.29, 0.717) is 5.88 Å². The number of nitrogens with zero attached hydrogens (tertiary/aromatic N) is 1. The van der Waals surface area contributed by atoms with Crippen molar-refractivity contribution in [3.8, 4) is 11.6 Å². The Bertz CT molecular complexity index is 274. The fraction of sp³-hybridized carbons (Fsp3) is 0.545. The van der Waals surface area contributed by atoms with Crippen molar-refractivity contribution in [1.82, 2.24) is 10.3 Å². The second kappa shape index (κ2) is 6.24. The van der Waals surface area contributed by atoms with E-state index in [0.717, 1.165) is 18.8 Å². The molecule has 0 spiro atoms. The normalized spacial score (nSPS) is 12.2. The van der Waals surface area contributed by atoms with E-state index < -0.39 is 0 Å². The van der Waals surface area contributed by atoms with Crippen LogP contribution in [0.3, 0.4) is 0 Å². The molecule has 0 bridgehead atoms. The monoisotopic (exact) mass is 210 g/mol. The average molecular weight is 210 g/mol. The number of methoxy groups -OCH3 is 1. The standard InChI is InChI=1S/C11H18N2O2/c1-4-12-7-9(2)15-11-6-5-10(14-3)8-13-11/h5-6,8-9,12H,4,7H2,1-3H3/t9-/m0/s1. The molecule has 0 radical (unpaired) electrons. The van der Waals surface area contributed by atoms with Crippen molar-refractivity contribution in [1.29, 1.82) is 0 Å². The number of rotatable bonds is 6. The topological polar surface area (TPSA) is 43.4 Å². The van der Waals surface area contributed by atoms with Crippen molar-refractivity contribution in [3.63, 3.8) is 0 Å². The van der Waals surface area contributed by atoms with Crippen molar-refractivity contribution in [2.45, 2.75) is 20.0 Å². The van der Waals surface area contributed by atoms with E-state index in [1.165, 1.54) is 0 Å². The number of nitrogens with one attached hydrogen (secondary N) is 1. The molecule has 1 heterocycles. The maximum absolute atomic E-state index is 5.59. The van der Waals surface area contributed by atoms with Crippen molar-refractivity contribution in [2.75, 3.05) is 20.2 Å². The maximum atomic E-state index is 5.59. The minimum absolute atomic E-state index is 0.117. The Balaban J connectivity index is 2.42. The summed E-state index contributed by atoms with van der Waals surface area (Å²) in [5.41, 5.74) is 0. The van der Waals surface area contributed by atoms with Gasteiger partial charge in [-0.05, 0) is 19.5 Å². The number of pyridine rings is 1. The molecule has 4 nitrogen and oxygen atoms in total. The van der Waals surface area contributed by atoms with Crippen molar-refractivity contribution in [2.24, 2.45) is 0 Å².